The molecule has 1 aliphatic heterocycles. The highest BCUT2D eigenvalue weighted by molar-refractivity contribution is 8.90. The van der Waals surface area contributed by atoms with Crippen molar-refractivity contribution in [3.8, 4) is 11.8 Å². The molecule has 1 amide bonds. The molecule has 184 valence electrons. The van der Waals surface area contributed by atoms with E-state index in [9.17, 15) is 23.6 Å². The van der Waals surface area contributed by atoms with Gasteiger partial charge in [-0.2, -0.15) is 5.26 Å². The van der Waals surface area contributed by atoms with E-state index in [1.807, 2.05) is 6.92 Å². The van der Waals surface area contributed by atoms with Crippen LogP contribution in [0.4, 0.5) is 21.5 Å². The van der Waals surface area contributed by atoms with Gasteiger partial charge in [-0.3, -0.25) is 18.9 Å². The summed E-state index contributed by atoms with van der Waals surface area (Å²) in [6.07, 6.45) is 2.07. The van der Waals surface area contributed by atoms with Crippen molar-refractivity contribution in [2.24, 2.45) is 0 Å². The lowest BCUT2D eigenvalue weighted by Crippen LogP contribution is -2.17. The van der Waals surface area contributed by atoms with E-state index in [2.05, 4.69) is 21.7 Å². The number of ether oxygens (including phenoxy) is 1. The first kappa shape index (κ1) is 25.3. The third-order valence-electron chi connectivity index (χ3n) is 5.26. The van der Waals surface area contributed by atoms with Gasteiger partial charge in [0.15, 0.2) is 0 Å². The minimum Gasteiger partial charge on any atom is -0.492 e. The predicted molar refractivity (Wildman–Crippen MR) is 139 cm³/mol. The molecule has 0 bridgehead atoms. The Balaban J connectivity index is 1.70. The summed E-state index contributed by atoms with van der Waals surface area (Å²) in [7, 11) is -1.63. The number of aromatic nitrogens is 1. The molecule has 4 rings (SSSR count). The van der Waals surface area contributed by atoms with E-state index in [1.165, 1.54) is 24.4 Å². The first-order chi connectivity index (χ1) is 16.7. The van der Waals surface area contributed by atoms with Crippen LogP contribution < -0.4 is 15.4 Å². The summed E-state index contributed by atoms with van der Waals surface area (Å²) in [5.74, 6) is -0.181. The summed E-state index contributed by atoms with van der Waals surface area (Å²) >= 11 is 5.91. The number of pyridine rings is 1. The fourth-order valence-electron chi connectivity index (χ4n) is 3.67. The molecule has 2 heterocycles. The number of nitrogens with one attached hydrogen (secondary N) is 2. The van der Waals surface area contributed by atoms with Crippen LogP contribution in [0.3, 0.4) is 0 Å². The smallest absolute Gasteiger partial charge is 0.225 e. The second-order valence-corrected chi connectivity index (χ2v) is 12.8. The molecule has 12 heteroatoms. The largest absolute Gasteiger partial charge is 0.492 e. The van der Waals surface area contributed by atoms with Gasteiger partial charge in [-0.1, -0.05) is 11.6 Å². The molecule has 35 heavy (non-hydrogen) atoms. The van der Waals surface area contributed by atoms with Gasteiger partial charge in [0.05, 0.1) is 34.1 Å². The van der Waals surface area contributed by atoms with E-state index >= 15 is 0 Å². The maximum atomic E-state index is 13.6. The Morgan fingerprint density at radius 3 is 2.86 bits per heavy atom. The maximum Gasteiger partial charge on any atom is 0.225 e. The number of carbonyl (C=O) groups is 1. The maximum absolute atomic E-state index is 13.6. The number of hydrogen-bond acceptors (Lipinski definition) is 8. The van der Waals surface area contributed by atoms with Crippen LogP contribution in [0.25, 0.3) is 10.9 Å². The van der Waals surface area contributed by atoms with E-state index in [-0.39, 0.29) is 33.9 Å². The first-order valence-electron chi connectivity index (χ1n) is 10.6. The van der Waals surface area contributed by atoms with Crippen LogP contribution in [0.15, 0.2) is 36.5 Å². The van der Waals surface area contributed by atoms with Gasteiger partial charge in [0.1, 0.15) is 17.6 Å². The Morgan fingerprint density at radius 1 is 1.40 bits per heavy atom. The molecule has 0 radical (unpaired) electrons. The van der Waals surface area contributed by atoms with Crippen molar-refractivity contribution < 1.29 is 23.0 Å². The normalized spacial score (nSPS) is 17.5. The molecular formula is C23H22ClFN4O4S2. The molecule has 2 aromatic carbocycles. The van der Waals surface area contributed by atoms with Gasteiger partial charge in [-0.05, 0) is 48.4 Å². The van der Waals surface area contributed by atoms with Crippen molar-refractivity contribution in [1.82, 2.24) is 4.98 Å². The molecule has 0 saturated carbocycles. The molecule has 1 saturated heterocycles. The molecule has 1 aliphatic rings. The molecule has 0 spiro atoms. The van der Waals surface area contributed by atoms with E-state index < -0.39 is 15.4 Å². The predicted octanol–water partition coefficient (Wildman–Crippen LogP) is 6.54. The van der Waals surface area contributed by atoms with Gasteiger partial charge in [0.25, 0.3) is 0 Å². The standard InChI is InChI=1S/C23H22ClFN4O4S2/c1-2-33-21-10-19-16(9-20(21)29-22(30)8-15-5-6-35(31,32)34-15)23(13(11-26)12-27-19)28-14-3-4-18(25)17(24)7-14/h3-4,7,9-10,12,15,31-32H,2,5-6,8H2,1H3,(H,27,28)(H,29,30). The van der Waals surface area contributed by atoms with Gasteiger partial charge in [-0.15, -0.1) is 9.62 Å². The summed E-state index contributed by atoms with van der Waals surface area (Å²) in [5, 5.41) is 15.9. The zero-order valence-electron chi connectivity index (χ0n) is 18.5. The van der Waals surface area contributed by atoms with E-state index in [1.54, 1.807) is 12.1 Å². The van der Waals surface area contributed by atoms with Crippen molar-refractivity contribution >= 4 is 65.9 Å². The summed E-state index contributed by atoms with van der Waals surface area (Å²) < 4.78 is 39.0. The van der Waals surface area contributed by atoms with Gasteiger partial charge >= 0.3 is 0 Å². The van der Waals surface area contributed by atoms with E-state index in [4.69, 9.17) is 16.3 Å². The fraction of sp³-hybridized carbons (Fsp3) is 0.261. The van der Waals surface area contributed by atoms with Crippen molar-refractivity contribution in [1.29, 1.82) is 5.26 Å². The van der Waals surface area contributed by atoms with Gasteiger partial charge in [0.2, 0.25) is 5.91 Å². The Labute approximate surface area is 211 Å². The monoisotopic (exact) mass is 536 g/mol. The number of rotatable bonds is 7. The average Bonchev–Trinajstić information content (AvgIpc) is 3.15. The SMILES string of the molecule is CCOc1cc2ncc(C#N)c(Nc3ccc(F)c(Cl)c3)c2cc1NC(=O)CC1CCS(O)(O)S1. The number of carbonyl (C=O) groups excluding carboxylic acids is 1. The molecule has 3 aromatic rings. The Bertz CT molecular complexity index is 1340. The highest BCUT2D eigenvalue weighted by atomic mass is 35.5. The molecule has 1 aromatic heterocycles. The molecule has 1 atom stereocenters. The number of benzene rings is 2. The summed E-state index contributed by atoms with van der Waals surface area (Å²) in [6, 6.07) is 9.54. The van der Waals surface area contributed by atoms with Gasteiger partial charge in [0, 0.05) is 40.8 Å². The number of amides is 1. The Hall–Kier alpha value is -2.75. The molecule has 4 N–H and O–H groups in total. The van der Waals surface area contributed by atoms with E-state index in [0.717, 1.165) is 10.8 Å². The van der Waals surface area contributed by atoms with Crippen LogP contribution in [0.5, 0.6) is 5.75 Å². The molecule has 0 aliphatic carbocycles. The minimum absolute atomic E-state index is 0.0696. The van der Waals surface area contributed by atoms with Crippen molar-refractivity contribution in [2.75, 3.05) is 23.0 Å². The molecule has 8 nitrogen and oxygen atoms in total. The number of nitriles is 1. The second-order valence-electron chi connectivity index (χ2n) is 7.78. The summed E-state index contributed by atoms with van der Waals surface area (Å²) in [6.45, 7) is 2.16. The van der Waals surface area contributed by atoms with Crippen molar-refractivity contribution in [3.63, 3.8) is 0 Å². The zero-order valence-corrected chi connectivity index (χ0v) is 20.9. The van der Waals surface area contributed by atoms with E-state index in [0.29, 0.717) is 46.7 Å². The lowest BCUT2D eigenvalue weighted by molar-refractivity contribution is -0.116. The fourth-order valence-corrected chi connectivity index (χ4v) is 7.94. The summed E-state index contributed by atoms with van der Waals surface area (Å²) in [5.41, 5.74) is 2.03. The van der Waals surface area contributed by atoms with Crippen LogP contribution in [0.2, 0.25) is 5.02 Å². The number of anilines is 3. The van der Waals surface area contributed by atoms with Crippen LogP contribution in [-0.4, -0.2) is 37.6 Å². The van der Waals surface area contributed by atoms with Crippen LogP contribution in [0.1, 0.15) is 25.3 Å². The Morgan fingerprint density at radius 2 is 2.20 bits per heavy atom. The third kappa shape index (κ3) is 5.91. The zero-order chi connectivity index (χ0) is 25.2. The van der Waals surface area contributed by atoms with Crippen molar-refractivity contribution in [3.05, 3.63) is 52.9 Å². The Kier molecular flexibility index (Phi) is 7.59. The van der Waals surface area contributed by atoms with Crippen LogP contribution in [-0.2, 0) is 4.79 Å². The number of hydrogen-bond donors (Lipinski definition) is 4. The first-order valence-corrected chi connectivity index (χ1v) is 14.1. The van der Waals surface area contributed by atoms with Crippen LogP contribution in [0, 0.1) is 17.1 Å². The highest BCUT2D eigenvalue weighted by Crippen LogP contribution is 2.61. The molecule has 1 fully saturated rings. The molecule has 1 unspecified atom stereocenters. The van der Waals surface area contributed by atoms with Crippen LogP contribution >= 0.6 is 32.0 Å². The molecular weight excluding hydrogens is 515 g/mol. The third-order valence-corrected chi connectivity index (χ3v) is 9.54. The number of nitrogens with zero attached hydrogens (tertiary/aromatic N) is 2. The topological polar surface area (TPSA) is 128 Å². The summed E-state index contributed by atoms with van der Waals surface area (Å²) in [4.78, 5) is 17.1. The quantitative estimate of drug-likeness (QED) is 0.250. The van der Waals surface area contributed by atoms with Gasteiger partial charge < -0.3 is 15.4 Å². The lowest BCUT2D eigenvalue weighted by atomic mass is 10.1. The van der Waals surface area contributed by atoms with Gasteiger partial charge in [-0.25, -0.2) is 4.39 Å². The second kappa shape index (κ2) is 10.5. The highest BCUT2D eigenvalue weighted by Gasteiger charge is 2.31. The van der Waals surface area contributed by atoms with Crippen molar-refractivity contribution in [2.45, 2.75) is 25.0 Å². The number of halogens is 2. The lowest BCUT2D eigenvalue weighted by Gasteiger charge is -2.24. The number of fused-ring (bicyclic) bond motifs is 1. The average molecular weight is 537 g/mol. The minimum atomic E-state index is -2.68.